The van der Waals surface area contributed by atoms with Gasteiger partial charge in [-0.2, -0.15) is 16.3 Å². The highest BCUT2D eigenvalue weighted by Gasteiger charge is 2.17. The molecule has 0 aliphatic carbocycles. The van der Waals surface area contributed by atoms with Gasteiger partial charge in [-0.15, -0.1) is 10.2 Å². The van der Waals surface area contributed by atoms with Crippen LogP contribution in [0.1, 0.15) is 17.3 Å². The van der Waals surface area contributed by atoms with Crippen LogP contribution in [0.3, 0.4) is 0 Å². The molecule has 0 bridgehead atoms. The first kappa shape index (κ1) is 18.8. The Hall–Kier alpha value is -3.23. The highest BCUT2D eigenvalue weighted by molar-refractivity contribution is 7.98. The standard InChI is InChI=1S/C22H17N5OS2/c1-3-7-16(8-4-1)13-19-24-25-22(27(19)18-9-5-2-6-10-18)30-15-20-23-21(26-28-20)17-11-12-29-14-17/h1-12,14H,13,15H2. The molecule has 0 radical (unpaired) electrons. The Bertz CT molecular complexity index is 1220. The molecule has 3 aromatic heterocycles. The second-order valence-corrected chi connectivity index (χ2v) is 8.27. The molecule has 6 nitrogen and oxygen atoms in total. The van der Waals surface area contributed by atoms with Crippen molar-refractivity contribution in [2.24, 2.45) is 0 Å². The van der Waals surface area contributed by atoms with Crippen LogP contribution in [0.2, 0.25) is 0 Å². The summed E-state index contributed by atoms with van der Waals surface area (Å²) in [5, 5.41) is 17.8. The fourth-order valence-corrected chi connectivity index (χ4v) is 4.51. The van der Waals surface area contributed by atoms with Gasteiger partial charge in [-0.25, -0.2) is 0 Å². The summed E-state index contributed by atoms with van der Waals surface area (Å²) in [5.41, 5.74) is 3.19. The minimum atomic E-state index is 0.521. The number of thiophene rings is 1. The molecule has 30 heavy (non-hydrogen) atoms. The Morgan fingerprint density at radius 1 is 0.933 bits per heavy atom. The number of benzene rings is 2. The van der Waals surface area contributed by atoms with Crippen LogP contribution < -0.4 is 0 Å². The van der Waals surface area contributed by atoms with E-state index in [1.165, 1.54) is 17.3 Å². The van der Waals surface area contributed by atoms with Crippen molar-refractivity contribution in [1.29, 1.82) is 0 Å². The van der Waals surface area contributed by atoms with E-state index in [4.69, 9.17) is 4.52 Å². The summed E-state index contributed by atoms with van der Waals surface area (Å²) < 4.78 is 7.51. The van der Waals surface area contributed by atoms with E-state index in [1.54, 1.807) is 11.3 Å². The second kappa shape index (κ2) is 8.64. The van der Waals surface area contributed by atoms with Crippen molar-refractivity contribution in [3.8, 4) is 17.1 Å². The molecule has 0 amide bonds. The monoisotopic (exact) mass is 431 g/mol. The zero-order chi connectivity index (χ0) is 20.2. The van der Waals surface area contributed by atoms with E-state index in [1.807, 2.05) is 53.2 Å². The Morgan fingerprint density at radius 2 is 1.73 bits per heavy atom. The third-order valence-corrected chi connectivity index (χ3v) is 6.09. The van der Waals surface area contributed by atoms with Gasteiger partial charge in [-0.3, -0.25) is 4.57 Å². The van der Waals surface area contributed by atoms with Gasteiger partial charge >= 0.3 is 0 Å². The van der Waals surface area contributed by atoms with E-state index in [0.717, 1.165) is 22.2 Å². The van der Waals surface area contributed by atoms with Gasteiger partial charge in [0.15, 0.2) is 5.16 Å². The van der Waals surface area contributed by atoms with E-state index in [9.17, 15) is 0 Å². The van der Waals surface area contributed by atoms with Crippen LogP contribution in [0.25, 0.3) is 17.1 Å². The molecular formula is C22H17N5OS2. The first-order valence-electron chi connectivity index (χ1n) is 9.38. The molecule has 5 rings (SSSR count). The molecule has 0 fully saturated rings. The van der Waals surface area contributed by atoms with Gasteiger partial charge in [0.05, 0.1) is 5.75 Å². The number of hydrogen-bond donors (Lipinski definition) is 0. The number of thioether (sulfide) groups is 1. The summed E-state index contributed by atoms with van der Waals surface area (Å²) in [7, 11) is 0. The van der Waals surface area contributed by atoms with Crippen molar-refractivity contribution in [2.75, 3.05) is 0 Å². The first-order chi connectivity index (χ1) is 14.9. The second-order valence-electron chi connectivity index (χ2n) is 6.54. The normalized spacial score (nSPS) is 11.1. The predicted molar refractivity (Wildman–Crippen MR) is 118 cm³/mol. The lowest BCUT2D eigenvalue weighted by molar-refractivity contribution is 0.391. The third-order valence-electron chi connectivity index (χ3n) is 4.49. The minimum Gasteiger partial charge on any atom is -0.338 e. The van der Waals surface area contributed by atoms with Crippen LogP contribution in [0, 0.1) is 0 Å². The summed E-state index contributed by atoms with van der Waals surface area (Å²) >= 11 is 3.14. The van der Waals surface area contributed by atoms with Crippen LogP contribution in [-0.2, 0) is 12.2 Å². The minimum absolute atomic E-state index is 0.521. The average Bonchev–Trinajstić information content (AvgIpc) is 3.54. The van der Waals surface area contributed by atoms with Crippen LogP contribution >= 0.6 is 23.1 Å². The summed E-state index contributed by atoms with van der Waals surface area (Å²) in [4.78, 5) is 4.50. The SMILES string of the molecule is c1ccc(Cc2nnc(SCc3nc(-c4ccsc4)no3)n2-c2ccccc2)cc1. The molecule has 0 aliphatic heterocycles. The molecule has 148 valence electrons. The van der Waals surface area contributed by atoms with Crippen LogP contribution in [-0.4, -0.2) is 24.9 Å². The van der Waals surface area contributed by atoms with Gasteiger partial charge in [-0.05, 0) is 29.1 Å². The number of nitrogens with zero attached hydrogens (tertiary/aromatic N) is 5. The fraction of sp³-hybridized carbons (Fsp3) is 0.0909. The number of hydrogen-bond acceptors (Lipinski definition) is 7. The van der Waals surface area contributed by atoms with Gasteiger partial charge in [0.1, 0.15) is 5.82 Å². The molecule has 2 aromatic carbocycles. The Morgan fingerprint density at radius 3 is 2.50 bits per heavy atom. The molecule has 3 heterocycles. The van der Waals surface area contributed by atoms with E-state index in [-0.39, 0.29) is 0 Å². The summed E-state index contributed by atoms with van der Waals surface area (Å²) in [6, 6.07) is 22.4. The van der Waals surface area contributed by atoms with Crippen LogP contribution in [0.5, 0.6) is 0 Å². The van der Waals surface area contributed by atoms with E-state index in [2.05, 4.69) is 49.2 Å². The maximum Gasteiger partial charge on any atom is 0.237 e. The number of aromatic nitrogens is 5. The summed E-state index contributed by atoms with van der Waals surface area (Å²) in [6.07, 6.45) is 0.701. The van der Waals surface area contributed by atoms with Crippen molar-refractivity contribution in [3.05, 3.63) is 94.8 Å². The third kappa shape index (κ3) is 4.05. The van der Waals surface area contributed by atoms with Crippen molar-refractivity contribution < 1.29 is 4.52 Å². The van der Waals surface area contributed by atoms with E-state index < -0.39 is 0 Å². The fourth-order valence-electron chi connectivity index (χ4n) is 3.07. The summed E-state index contributed by atoms with van der Waals surface area (Å²) in [6.45, 7) is 0. The Labute approximate surface area is 181 Å². The molecular weight excluding hydrogens is 414 g/mol. The van der Waals surface area contributed by atoms with Crippen LogP contribution in [0.4, 0.5) is 0 Å². The van der Waals surface area contributed by atoms with Gasteiger partial charge in [0, 0.05) is 23.1 Å². The molecule has 0 unspecified atom stereocenters. The van der Waals surface area contributed by atoms with Gasteiger partial charge < -0.3 is 4.52 Å². The maximum absolute atomic E-state index is 5.42. The lowest BCUT2D eigenvalue weighted by atomic mass is 10.1. The molecule has 0 aliphatic rings. The van der Waals surface area contributed by atoms with Crippen molar-refractivity contribution >= 4 is 23.1 Å². The zero-order valence-corrected chi connectivity index (χ0v) is 17.5. The molecule has 0 atom stereocenters. The Balaban J connectivity index is 1.40. The average molecular weight is 432 g/mol. The molecule has 0 spiro atoms. The maximum atomic E-state index is 5.42. The smallest absolute Gasteiger partial charge is 0.237 e. The molecule has 0 saturated heterocycles. The highest BCUT2D eigenvalue weighted by atomic mass is 32.2. The van der Waals surface area contributed by atoms with Gasteiger partial charge in [-0.1, -0.05) is 65.4 Å². The van der Waals surface area contributed by atoms with Crippen molar-refractivity contribution in [3.63, 3.8) is 0 Å². The lowest BCUT2D eigenvalue weighted by Gasteiger charge is -2.09. The van der Waals surface area contributed by atoms with Crippen molar-refractivity contribution in [1.82, 2.24) is 24.9 Å². The summed E-state index contributed by atoms with van der Waals surface area (Å²) in [5.74, 6) is 2.59. The predicted octanol–water partition coefficient (Wildman–Crippen LogP) is 5.26. The number of rotatable bonds is 7. The first-order valence-corrected chi connectivity index (χ1v) is 11.3. The molecule has 5 aromatic rings. The topological polar surface area (TPSA) is 69.6 Å². The molecule has 8 heteroatoms. The number of para-hydroxylation sites is 1. The van der Waals surface area contributed by atoms with Crippen molar-refractivity contribution in [2.45, 2.75) is 17.3 Å². The van der Waals surface area contributed by atoms with Crippen LogP contribution in [0.15, 0.2) is 87.2 Å². The van der Waals surface area contributed by atoms with E-state index >= 15 is 0 Å². The van der Waals surface area contributed by atoms with Gasteiger partial charge in [0.2, 0.25) is 11.7 Å². The largest absolute Gasteiger partial charge is 0.338 e. The quantitative estimate of drug-likeness (QED) is 0.327. The van der Waals surface area contributed by atoms with Gasteiger partial charge in [0.25, 0.3) is 0 Å². The molecule has 0 N–H and O–H groups in total. The molecule has 0 saturated carbocycles. The van der Waals surface area contributed by atoms with E-state index in [0.29, 0.717) is 23.9 Å². The highest BCUT2D eigenvalue weighted by Crippen LogP contribution is 2.27. The lowest BCUT2D eigenvalue weighted by Crippen LogP contribution is -2.03. The zero-order valence-electron chi connectivity index (χ0n) is 15.9. The Kier molecular flexibility index (Phi) is 5.41.